The lowest BCUT2D eigenvalue weighted by Gasteiger charge is -2.37. The Kier molecular flexibility index (Phi) is 3.71. The summed E-state index contributed by atoms with van der Waals surface area (Å²) in [6, 6.07) is 0. The number of hydrogen-bond acceptors (Lipinski definition) is 6. The molecule has 0 bridgehead atoms. The Balaban J connectivity index is 1.47. The Morgan fingerprint density at radius 2 is 2.25 bits per heavy atom. The summed E-state index contributed by atoms with van der Waals surface area (Å²) < 4.78 is 16.2. The average Bonchev–Trinajstić information content (AvgIpc) is 3.08. The molecule has 1 saturated heterocycles. The number of methoxy groups -OCH3 is 1. The molecule has 0 N–H and O–H groups in total. The fraction of sp³-hybridized carbons (Fsp3) is 0.769. The molecule has 0 radical (unpaired) electrons. The number of nitrogens with zero attached hydrogens (tertiary/aromatic N) is 3. The van der Waals surface area contributed by atoms with E-state index in [1.807, 2.05) is 0 Å². The second-order valence-electron chi connectivity index (χ2n) is 5.40. The summed E-state index contributed by atoms with van der Waals surface area (Å²) in [5, 5.41) is 3.96. The van der Waals surface area contributed by atoms with Crippen LogP contribution in [0.2, 0.25) is 0 Å². The number of likely N-dealkylation sites (tertiary alicyclic amines) is 1. The number of carbonyl (C=O) groups is 1. The highest BCUT2D eigenvalue weighted by Crippen LogP contribution is 2.41. The molecular weight excluding hydrogens is 262 g/mol. The highest BCUT2D eigenvalue weighted by atomic mass is 16.5. The van der Waals surface area contributed by atoms with Gasteiger partial charge in [-0.1, -0.05) is 5.16 Å². The molecule has 1 aromatic rings. The summed E-state index contributed by atoms with van der Waals surface area (Å²) in [5.74, 6) is 1.66. The van der Waals surface area contributed by atoms with Crippen LogP contribution in [0.15, 0.2) is 4.52 Å². The highest BCUT2D eigenvalue weighted by Gasteiger charge is 2.36. The van der Waals surface area contributed by atoms with E-state index in [9.17, 15) is 4.79 Å². The molecule has 2 aliphatic rings. The zero-order chi connectivity index (χ0) is 14.1. The van der Waals surface area contributed by atoms with Crippen LogP contribution in [-0.2, 0) is 20.9 Å². The van der Waals surface area contributed by atoms with Gasteiger partial charge in [-0.05, 0) is 18.8 Å². The molecule has 0 spiro atoms. The first-order chi connectivity index (χ1) is 9.67. The standard InChI is InChI=1S/C13H19N3O4/c1-8(17)16-5-10(6-16)19-7-11-14-13(15-20-11)12(18-2)9-3-4-9/h9-10,12H,3-7H2,1-2H3. The van der Waals surface area contributed by atoms with Gasteiger partial charge >= 0.3 is 0 Å². The second-order valence-corrected chi connectivity index (χ2v) is 5.40. The van der Waals surface area contributed by atoms with Gasteiger partial charge in [0.15, 0.2) is 0 Å². The maximum atomic E-state index is 11.0. The van der Waals surface area contributed by atoms with Crippen molar-refractivity contribution in [2.24, 2.45) is 5.92 Å². The van der Waals surface area contributed by atoms with Crippen molar-refractivity contribution in [1.29, 1.82) is 0 Å². The van der Waals surface area contributed by atoms with Crippen LogP contribution in [0.1, 0.15) is 37.6 Å². The predicted molar refractivity (Wildman–Crippen MR) is 67.6 cm³/mol. The van der Waals surface area contributed by atoms with Gasteiger partial charge in [0.1, 0.15) is 12.7 Å². The first-order valence-corrected chi connectivity index (χ1v) is 6.89. The molecule has 3 rings (SSSR count). The maximum absolute atomic E-state index is 11.0. The van der Waals surface area contributed by atoms with Crippen molar-refractivity contribution in [2.45, 2.75) is 38.6 Å². The molecular formula is C13H19N3O4. The molecule has 0 aromatic carbocycles. The van der Waals surface area contributed by atoms with E-state index in [1.165, 1.54) is 0 Å². The number of rotatable bonds is 6. The summed E-state index contributed by atoms with van der Waals surface area (Å²) in [7, 11) is 1.67. The lowest BCUT2D eigenvalue weighted by atomic mass is 10.2. The van der Waals surface area contributed by atoms with Crippen LogP contribution in [-0.4, -0.2) is 47.3 Å². The van der Waals surface area contributed by atoms with Gasteiger partial charge in [0.2, 0.25) is 11.7 Å². The van der Waals surface area contributed by atoms with Crippen LogP contribution >= 0.6 is 0 Å². The number of amides is 1. The Morgan fingerprint density at radius 3 is 2.85 bits per heavy atom. The molecule has 1 aromatic heterocycles. The van der Waals surface area contributed by atoms with Gasteiger partial charge in [0.05, 0.1) is 6.10 Å². The zero-order valence-electron chi connectivity index (χ0n) is 11.7. The summed E-state index contributed by atoms with van der Waals surface area (Å²) >= 11 is 0. The summed E-state index contributed by atoms with van der Waals surface area (Å²) in [4.78, 5) is 17.1. The van der Waals surface area contributed by atoms with E-state index in [4.69, 9.17) is 14.0 Å². The van der Waals surface area contributed by atoms with Gasteiger partial charge in [-0.15, -0.1) is 0 Å². The van der Waals surface area contributed by atoms with Crippen LogP contribution < -0.4 is 0 Å². The second kappa shape index (κ2) is 5.49. The lowest BCUT2D eigenvalue weighted by molar-refractivity contribution is -0.144. The van der Waals surface area contributed by atoms with Crippen molar-refractivity contribution in [2.75, 3.05) is 20.2 Å². The number of carbonyl (C=O) groups excluding carboxylic acids is 1. The van der Waals surface area contributed by atoms with Crippen LogP contribution in [0.5, 0.6) is 0 Å². The molecule has 110 valence electrons. The van der Waals surface area contributed by atoms with Gasteiger partial charge < -0.3 is 18.9 Å². The molecule has 1 aliphatic carbocycles. The Hall–Kier alpha value is -1.47. The first-order valence-electron chi connectivity index (χ1n) is 6.89. The molecule has 20 heavy (non-hydrogen) atoms. The Morgan fingerprint density at radius 1 is 1.50 bits per heavy atom. The van der Waals surface area contributed by atoms with Crippen molar-refractivity contribution in [3.05, 3.63) is 11.7 Å². The summed E-state index contributed by atoms with van der Waals surface area (Å²) in [6.07, 6.45) is 2.31. The minimum absolute atomic E-state index is 0.0654. The third kappa shape index (κ3) is 2.83. The minimum atomic E-state index is -0.0654. The first kappa shape index (κ1) is 13.5. The minimum Gasteiger partial charge on any atom is -0.373 e. The fourth-order valence-corrected chi connectivity index (χ4v) is 2.34. The van der Waals surface area contributed by atoms with E-state index >= 15 is 0 Å². The average molecular weight is 281 g/mol. The van der Waals surface area contributed by atoms with Gasteiger partial charge in [-0.3, -0.25) is 4.79 Å². The van der Waals surface area contributed by atoms with Gasteiger partial charge in [0, 0.05) is 27.1 Å². The van der Waals surface area contributed by atoms with Crippen molar-refractivity contribution < 1.29 is 18.8 Å². The van der Waals surface area contributed by atoms with Crippen LogP contribution in [0.4, 0.5) is 0 Å². The Labute approximate surface area is 117 Å². The van der Waals surface area contributed by atoms with Crippen molar-refractivity contribution >= 4 is 5.91 Å². The van der Waals surface area contributed by atoms with E-state index in [1.54, 1.807) is 18.9 Å². The van der Waals surface area contributed by atoms with Crippen LogP contribution in [0.3, 0.4) is 0 Å². The van der Waals surface area contributed by atoms with Gasteiger partial charge in [0.25, 0.3) is 5.89 Å². The molecule has 7 nitrogen and oxygen atoms in total. The predicted octanol–water partition coefficient (Wildman–Crippen LogP) is 0.914. The fourth-order valence-electron chi connectivity index (χ4n) is 2.34. The largest absolute Gasteiger partial charge is 0.373 e. The molecule has 1 atom stereocenters. The smallest absolute Gasteiger partial charge is 0.252 e. The topological polar surface area (TPSA) is 77.7 Å². The van der Waals surface area contributed by atoms with E-state index in [0.29, 0.717) is 30.7 Å². The van der Waals surface area contributed by atoms with E-state index in [-0.39, 0.29) is 24.7 Å². The molecule has 1 amide bonds. The maximum Gasteiger partial charge on any atom is 0.252 e. The molecule has 1 saturated carbocycles. The molecule has 2 fully saturated rings. The molecule has 1 unspecified atom stereocenters. The summed E-state index contributed by atoms with van der Waals surface area (Å²) in [5.41, 5.74) is 0. The highest BCUT2D eigenvalue weighted by molar-refractivity contribution is 5.74. The van der Waals surface area contributed by atoms with Crippen molar-refractivity contribution in [3.8, 4) is 0 Å². The number of hydrogen-bond donors (Lipinski definition) is 0. The van der Waals surface area contributed by atoms with Crippen LogP contribution in [0, 0.1) is 5.92 Å². The lowest BCUT2D eigenvalue weighted by Crippen LogP contribution is -2.53. The number of aromatic nitrogens is 2. The SMILES string of the molecule is COC(c1noc(COC2CN(C(C)=O)C2)n1)C1CC1. The van der Waals surface area contributed by atoms with E-state index < -0.39 is 0 Å². The molecule has 2 heterocycles. The van der Waals surface area contributed by atoms with Gasteiger partial charge in [-0.2, -0.15) is 4.98 Å². The molecule has 7 heteroatoms. The zero-order valence-corrected chi connectivity index (χ0v) is 11.7. The Bertz CT molecular complexity index is 480. The van der Waals surface area contributed by atoms with Gasteiger partial charge in [-0.25, -0.2) is 0 Å². The third-order valence-electron chi connectivity index (χ3n) is 3.78. The quantitative estimate of drug-likeness (QED) is 0.771. The normalized spacial score (nSPS) is 20.8. The monoisotopic (exact) mass is 281 g/mol. The van der Waals surface area contributed by atoms with Crippen molar-refractivity contribution in [3.63, 3.8) is 0 Å². The van der Waals surface area contributed by atoms with Crippen LogP contribution in [0.25, 0.3) is 0 Å². The van der Waals surface area contributed by atoms with Crippen molar-refractivity contribution in [1.82, 2.24) is 15.0 Å². The van der Waals surface area contributed by atoms with E-state index in [2.05, 4.69) is 10.1 Å². The number of ether oxygens (including phenoxy) is 2. The summed E-state index contributed by atoms with van der Waals surface area (Å²) in [6.45, 7) is 3.12. The van der Waals surface area contributed by atoms with E-state index in [0.717, 1.165) is 12.8 Å². The molecule has 1 aliphatic heterocycles. The third-order valence-corrected chi connectivity index (χ3v) is 3.78.